The average molecular weight is 282 g/mol. The molecular weight excluding hydrogens is 258 g/mol. The summed E-state index contributed by atoms with van der Waals surface area (Å²) in [6.07, 6.45) is 5.80. The first-order valence-corrected chi connectivity index (χ1v) is 7.52. The normalized spacial score (nSPS) is 18.6. The summed E-state index contributed by atoms with van der Waals surface area (Å²) < 4.78 is 5.44. The molecule has 0 saturated heterocycles. The van der Waals surface area contributed by atoms with Gasteiger partial charge in [-0.1, -0.05) is 44.7 Å². The Morgan fingerprint density at radius 2 is 1.84 bits per heavy atom. The van der Waals surface area contributed by atoms with Crippen LogP contribution in [0, 0.1) is 0 Å². The topological polar surface area (TPSA) is 35.2 Å². The van der Waals surface area contributed by atoms with E-state index < -0.39 is 0 Å². The molecule has 2 nitrogen and oxygen atoms in total. The smallest absolute Gasteiger partial charge is 0.140 e. The third-order valence-electron chi connectivity index (χ3n) is 4.22. The Kier molecular flexibility index (Phi) is 4.42. The maximum absolute atomic E-state index is 6.61. The molecule has 1 fully saturated rings. The van der Waals surface area contributed by atoms with Crippen molar-refractivity contribution >= 4 is 11.6 Å². The Morgan fingerprint density at radius 1 is 1.21 bits per heavy atom. The van der Waals surface area contributed by atoms with Gasteiger partial charge in [-0.25, -0.2) is 0 Å². The molecule has 3 heteroatoms. The summed E-state index contributed by atoms with van der Waals surface area (Å²) in [7, 11) is 1.67. The highest BCUT2D eigenvalue weighted by Crippen LogP contribution is 2.41. The van der Waals surface area contributed by atoms with E-state index in [2.05, 4.69) is 19.9 Å². The zero-order valence-electron chi connectivity index (χ0n) is 12.1. The number of hydrogen-bond acceptors (Lipinski definition) is 2. The van der Waals surface area contributed by atoms with E-state index in [0.717, 1.165) is 24.2 Å². The van der Waals surface area contributed by atoms with Crippen molar-refractivity contribution in [2.75, 3.05) is 7.11 Å². The van der Waals surface area contributed by atoms with Crippen LogP contribution < -0.4 is 10.5 Å². The number of nitrogens with two attached hydrogens (primary N) is 1. The summed E-state index contributed by atoms with van der Waals surface area (Å²) in [6, 6.07) is 4.19. The average Bonchev–Trinajstić information content (AvgIpc) is 2.38. The predicted molar refractivity (Wildman–Crippen MR) is 81.0 cm³/mol. The summed E-state index contributed by atoms with van der Waals surface area (Å²) in [5.74, 6) is 1.17. The van der Waals surface area contributed by atoms with Crippen molar-refractivity contribution < 1.29 is 4.74 Å². The molecule has 1 aliphatic carbocycles. The predicted octanol–water partition coefficient (Wildman–Crippen LogP) is 4.59. The van der Waals surface area contributed by atoms with Crippen LogP contribution in [-0.2, 0) is 5.54 Å². The SMILES string of the molecule is COc1c(Cl)cc(C2(N)CCCCC2)cc1C(C)C. The second kappa shape index (κ2) is 5.72. The highest BCUT2D eigenvalue weighted by molar-refractivity contribution is 6.32. The highest BCUT2D eigenvalue weighted by Gasteiger charge is 2.31. The second-order valence-electron chi connectivity index (χ2n) is 5.95. The summed E-state index contributed by atoms with van der Waals surface area (Å²) in [4.78, 5) is 0. The fourth-order valence-electron chi connectivity index (χ4n) is 3.02. The van der Waals surface area contributed by atoms with Crippen LogP contribution in [0.3, 0.4) is 0 Å². The van der Waals surface area contributed by atoms with E-state index in [1.165, 1.54) is 24.8 Å². The highest BCUT2D eigenvalue weighted by atomic mass is 35.5. The molecule has 0 radical (unpaired) electrons. The minimum absolute atomic E-state index is 0.211. The summed E-state index contributed by atoms with van der Waals surface area (Å²) in [5.41, 5.74) is 8.72. The molecule has 1 aromatic carbocycles. The molecule has 0 atom stereocenters. The van der Waals surface area contributed by atoms with Gasteiger partial charge in [0.15, 0.2) is 0 Å². The van der Waals surface area contributed by atoms with Crippen molar-refractivity contribution in [2.24, 2.45) is 5.73 Å². The van der Waals surface area contributed by atoms with E-state index in [9.17, 15) is 0 Å². The van der Waals surface area contributed by atoms with Crippen molar-refractivity contribution in [2.45, 2.75) is 57.4 Å². The van der Waals surface area contributed by atoms with Crippen molar-refractivity contribution in [3.63, 3.8) is 0 Å². The Hall–Kier alpha value is -0.730. The number of rotatable bonds is 3. The molecule has 0 heterocycles. The van der Waals surface area contributed by atoms with Crippen molar-refractivity contribution in [1.82, 2.24) is 0 Å². The number of methoxy groups -OCH3 is 1. The lowest BCUT2D eigenvalue weighted by Crippen LogP contribution is -2.38. The number of ether oxygens (including phenoxy) is 1. The molecule has 19 heavy (non-hydrogen) atoms. The lowest BCUT2D eigenvalue weighted by Gasteiger charge is -2.35. The fourth-order valence-corrected chi connectivity index (χ4v) is 3.32. The Bertz CT molecular complexity index is 450. The second-order valence-corrected chi connectivity index (χ2v) is 6.36. The zero-order valence-corrected chi connectivity index (χ0v) is 12.9. The molecule has 1 aliphatic rings. The van der Waals surface area contributed by atoms with E-state index in [1.54, 1.807) is 7.11 Å². The Balaban J connectivity index is 2.47. The Labute approximate surface area is 121 Å². The lowest BCUT2D eigenvalue weighted by molar-refractivity contribution is 0.301. The molecule has 0 unspecified atom stereocenters. The van der Waals surface area contributed by atoms with E-state index in [4.69, 9.17) is 22.1 Å². The van der Waals surface area contributed by atoms with Crippen molar-refractivity contribution in [1.29, 1.82) is 0 Å². The van der Waals surface area contributed by atoms with Gasteiger partial charge in [0, 0.05) is 5.54 Å². The quantitative estimate of drug-likeness (QED) is 0.879. The summed E-state index contributed by atoms with van der Waals surface area (Å²) in [6.45, 7) is 4.31. The van der Waals surface area contributed by atoms with Crippen LogP contribution in [0.4, 0.5) is 0 Å². The standard InChI is InChI=1S/C16H24ClNO/c1-11(2)13-9-12(10-14(17)15(13)19-3)16(18)7-5-4-6-8-16/h9-11H,4-8,18H2,1-3H3. The number of hydrogen-bond donors (Lipinski definition) is 1. The molecule has 0 amide bonds. The summed E-state index contributed by atoms with van der Waals surface area (Å²) >= 11 is 6.38. The van der Waals surface area contributed by atoms with Crippen molar-refractivity contribution in [3.8, 4) is 5.75 Å². The molecule has 2 rings (SSSR count). The third-order valence-corrected chi connectivity index (χ3v) is 4.50. The van der Waals surface area contributed by atoms with Gasteiger partial charge >= 0.3 is 0 Å². The first-order valence-electron chi connectivity index (χ1n) is 7.15. The minimum atomic E-state index is -0.211. The molecule has 106 valence electrons. The fraction of sp³-hybridized carbons (Fsp3) is 0.625. The lowest BCUT2D eigenvalue weighted by atomic mass is 9.76. The number of benzene rings is 1. The van der Waals surface area contributed by atoms with E-state index in [0.29, 0.717) is 10.9 Å². The van der Waals surface area contributed by atoms with Gasteiger partial charge in [0.1, 0.15) is 5.75 Å². The molecule has 1 saturated carbocycles. The van der Waals surface area contributed by atoms with Gasteiger partial charge in [-0.2, -0.15) is 0 Å². The van der Waals surface area contributed by atoms with Gasteiger partial charge in [-0.05, 0) is 42.0 Å². The largest absolute Gasteiger partial charge is 0.495 e. The van der Waals surface area contributed by atoms with Crippen LogP contribution in [0.1, 0.15) is 63.0 Å². The van der Waals surface area contributed by atoms with Gasteiger partial charge < -0.3 is 10.5 Å². The van der Waals surface area contributed by atoms with Gasteiger partial charge in [0.2, 0.25) is 0 Å². The van der Waals surface area contributed by atoms with E-state index in [1.807, 2.05) is 6.07 Å². The molecular formula is C16H24ClNO. The maximum Gasteiger partial charge on any atom is 0.140 e. The zero-order chi connectivity index (χ0) is 14.0. The van der Waals surface area contributed by atoms with Crippen LogP contribution in [0.2, 0.25) is 5.02 Å². The third kappa shape index (κ3) is 2.90. The van der Waals surface area contributed by atoms with Gasteiger partial charge in [-0.15, -0.1) is 0 Å². The summed E-state index contributed by atoms with van der Waals surface area (Å²) in [5, 5.41) is 0.680. The first kappa shape index (κ1) is 14.7. The van der Waals surface area contributed by atoms with Gasteiger partial charge in [0.25, 0.3) is 0 Å². The molecule has 0 aliphatic heterocycles. The van der Waals surface area contributed by atoms with Crippen LogP contribution in [0.5, 0.6) is 5.75 Å². The van der Waals surface area contributed by atoms with E-state index >= 15 is 0 Å². The van der Waals surface area contributed by atoms with Crippen LogP contribution in [0.15, 0.2) is 12.1 Å². The van der Waals surface area contributed by atoms with Crippen LogP contribution >= 0.6 is 11.6 Å². The molecule has 1 aromatic rings. The molecule has 0 aromatic heterocycles. The molecule has 0 spiro atoms. The van der Waals surface area contributed by atoms with Gasteiger partial charge in [0.05, 0.1) is 12.1 Å². The van der Waals surface area contributed by atoms with Crippen LogP contribution in [0.25, 0.3) is 0 Å². The van der Waals surface area contributed by atoms with Crippen LogP contribution in [-0.4, -0.2) is 7.11 Å². The monoisotopic (exact) mass is 281 g/mol. The maximum atomic E-state index is 6.61. The minimum Gasteiger partial charge on any atom is -0.495 e. The van der Waals surface area contributed by atoms with Crippen molar-refractivity contribution in [3.05, 3.63) is 28.3 Å². The van der Waals surface area contributed by atoms with Gasteiger partial charge in [-0.3, -0.25) is 0 Å². The first-order chi connectivity index (χ1) is 8.98. The molecule has 2 N–H and O–H groups in total. The van der Waals surface area contributed by atoms with E-state index in [-0.39, 0.29) is 5.54 Å². The molecule has 0 bridgehead atoms. The number of halogens is 1. The Morgan fingerprint density at radius 3 is 2.37 bits per heavy atom.